The Bertz CT molecular complexity index is 577. The molecule has 1 heterocycles. The second-order valence-electron chi connectivity index (χ2n) is 5.02. The van der Waals surface area contributed by atoms with E-state index in [1.54, 1.807) is 6.07 Å². The fraction of sp³-hybridized carbons (Fsp3) is 0.375. The van der Waals surface area contributed by atoms with E-state index < -0.39 is 0 Å². The van der Waals surface area contributed by atoms with Crippen molar-refractivity contribution in [1.29, 1.82) is 0 Å². The lowest BCUT2D eigenvalue weighted by Gasteiger charge is -2.17. The molecule has 0 amide bonds. The Labute approximate surface area is 123 Å². The van der Waals surface area contributed by atoms with Crippen molar-refractivity contribution in [2.24, 2.45) is 0 Å². The quantitative estimate of drug-likeness (QED) is 0.867. The van der Waals surface area contributed by atoms with E-state index in [2.05, 4.69) is 24.4 Å². The van der Waals surface area contributed by atoms with E-state index in [4.69, 9.17) is 20.8 Å². The molecule has 0 aliphatic heterocycles. The molecule has 1 N–H and O–H groups in total. The number of halogens is 1. The van der Waals surface area contributed by atoms with Crippen LogP contribution in [0.5, 0.6) is 5.75 Å². The second kappa shape index (κ2) is 5.90. The minimum Gasteiger partial charge on any atom is -0.490 e. The standard InChI is InChI=1S/C16H18ClNO2/c1-2-18-16(14-8-9-15(17)20-14)11-4-3-5-13(10-11)19-12-6-7-12/h3-5,8-10,12,16,18H,2,6-7H2,1H3. The Hall–Kier alpha value is -1.45. The number of hydrogen-bond acceptors (Lipinski definition) is 3. The van der Waals surface area contributed by atoms with Crippen LogP contribution in [0.2, 0.25) is 5.22 Å². The van der Waals surface area contributed by atoms with Gasteiger partial charge in [-0.25, -0.2) is 0 Å². The third-order valence-electron chi connectivity index (χ3n) is 3.31. The van der Waals surface area contributed by atoms with Gasteiger partial charge in [0.15, 0.2) is 5.22 Å². The molecule has 1 atom stereocenters. The summed E-state index contributed by atoms with van der Waals surface area (Å²) < 4.78 is 11.4. The molecule has 1 aromatic heterocycles. The Morgan fingerprint density at radius 2 is 2.20 bits per heavy atom. The van der Waals surface area contributed by atoms with Crippen molar-refractivity contribution < 1.29 is 9.15 Å². The van der Waals surface area contributed by atoms with Crippen molar-refractivity contribution in [2.45, 2.75) is 31.9 Å². The average molecular weight is 292 g/mol. The van der Waals surface area contributed by atoms with E-state index in [1.165, 1.54) is 0 Å². The zero-order valence-corrected chi connectivity index (χ0v) is 12.2. The maximum Gasteiger partial charge on any atom is 0.193 e. The number of nitrogens with one attached hydrogen (secondary N) is 1. The first kappa shape index (κ1) is 13.5. The maximum atomic E-state index is 5.88. The molecular weight excluding hydrogens is 274 g/mol. The van der Waals surface area contributed by atoms with Crippen LogP contribution in [0.25, 0.3) is 0 Å². The highest BCUT2D eigenvalue weighted by molar-refractivity contribution is 6.28. The van der Waals surface area contributed by atoms with Gasteiger partial charge in [-0.15, -0.1) is 0 Å². The molecule has 1 aliphatic carbocycles. The van der Waals surface area contributed by atoms with Gasteiger partial charge in [0.25, 0.3) is 0 Å². The summed E-state index contributed by atoms with van der Waals surface area (Å²) in [6.07, 6.45) is 2.73. The van der Waals surface area contributed by atoms with Gasteiger partial charge in [0.05, 0.1) is 12.1 Å². The average Bonchev–Trinajstić information content (AvgIpc) is 3.16. The summed E-state index contributed by atoms with van der Waals surface area (Å²) in [5.41, 5.74) is 1.12. The van der Waals surface area contributed by atoms with Crippen molar-refractivity contribution in [3.05, 3.63) is 52.9 Å². The maximum absolute atomic E-state index is 5.88. The predicted molar refractivity (Wildman–Crippen MR) is 79.3 cm³/mol. The van der Waals surface area contributed by atoms with Gasteiger partial charge in [0.1, 0.15) is 11.5 Å². The molecule has 0 spiro atoms. The van der Waals surface area contributed by atoms with Gasteiger partial charge >= 0.3 is 0 Å². The summed E-state index contributed by atoms with van der Waals surface area (Å²) in [7, 11) is 0. The summed E-state index contributed by atoms with van der Waals surface area (Å²) >= 11 is 5.88. The largest absolute Gasteiger partial charge is 0.490 e. The Morgan fingerprint density at radius 3 is 2.85 bits per heavy atom. The van der Waals surface area contributed by atoms with Gasteiger partial charge < -0.3 is 14.5 Å². The monoisotopic (exact) mass is 291 g/mol. The fourth-order valence-electron chi connectivity index (χ4n) is 2.22. The van der Waals surface area contributed by atoms with Crippen LogP contribution in [-0.4, -0.2) is 12.6 Å². The lowest BCUT2D eigenvalue weighted by molar-refractivity contribution is 0.302. The van der Waals surface area contributed by atoms with E-state index >= 15 is 0 Å². The molecule has 1 fully saturated rings. The summed E-state index contributed by atoms with van der Waals surface area (Å²) in [5.74, 6) is 1.74. The van der Waals surface area contributed by atoms with Crippen LogP contribution in [0.3, 0.4) is 0 Å². The molecule has 0 bridgehead atoms. The highest BCUT2D eigenvalue weighted by Gasteiger charge is 2.24. The Morgan fingerprint density at radius 1 is 1.35 bits per heavy atom. The highest BCUT2D eigenvalue weighted by atomic mass is 35.5. The molecule has 20 heavy (non-hydrogen) atoms. The molecule has 1 saturated carbocycles. The molecule has 106 valence electrons. The van der Waals surface area contributed by atoms with Crippen molar-refractivity contribution in [3.8, 4) is 5.75 Å². The Kier molecular flexibility index (Phi) is 3.99. The highest BCUT2D eigenvalue weighted by Crippen LogP contribution is 2.31. The summed E-state index contributed by atoms with van der Waals surface area (Å²) in [4.78, 5) is 0. The van der Waals surface area contributed by atoms with E-state index in [0.29, 0.717) is 11.3 Å². The number of rotatable bonds is 6. The van der Waals surface area contributed by atoms with Crippen LogP contribution in [0.1, 0.15) is 37.1 Å². The van der Waals surface area contributed by atoms with Gasteiger partial charge in [-0.3, -0.25) is 0 Å². The van der Waals surface area contributed by atoms with Crippen molar-refractivity contribution in [1.82, 2.24) is 5.32 Å². The van der Waals surface area contributed by atoms with Crippen molar-refractivity contribution in [3.63, 3.8) is 0 Å². The van der Waals surface area contributed by atoms with Crippen molar-refractivity contribution in [2.75, 3.05) is 6.54 Å². The molecule has 0 saturated heterocycles. The molecule has 2 aromatic rings. The first-order chi connectivity index (χ1) is 9.76. The third-order valence-corrected chi connectivity index (χ3v) is 3.51. The number of benzene rings is 1. The topological polar surface area (TPSA) is 34.4 Å². The second-order valence-corrected chi connectivity index (χ2v) is 5.39. The van der Waals surface area contributed by atoms with E-state index in [0.717, 1.165) is 36.5 Å². The normalized spacial score (nSPS) is 16.1. The van der Waals surface area contributed by atoms with E-state index in [1.807, 2.05) is 18.2 Å². The van der Waals surface area contributed by atoms with Gasteiger partial charge in [-0.2, -0.15) is 0 Å². The van der Waals surface area contributed by atoms with Gasteiger partial charge in [-0.1, -0.05) is 19.1 Å². The number of furan rings is 1. The lowest BCUT2D eigenvalue weighted by Crippen LogP contribution is -2.21. The first-order valence-corrected chi connectivity index (χ1v) is 7.39. The van der Waals surface area contributed by atoms with Crippen LogP contribution < -0.4 is 10.1 Å². The SMILES string of the molecule is CCNC(c1cccc(OC2CC2)c1)c1ccc(Cl)o1. The number of ether oxygens (including phenoxy) is 1. The van der Waals surface area contributed by atoms with E-state index in [-0.39, 0.29) is 6.04 Å². The minimum absolute atomic E-state index is 0.00440. The molecule has 3 nitrogen and oxygen atoms in total. The number of hydrogen-bond donors (Lipinski definition) is 1. The minimum atomic E-state index is -0.00440. The zero-order chi connectivity index (χ0) is 13.9. The molecule has 0 radical (unpaired) electrons. The summed E-state index contributed by atoms with van der Waals surface area (Å²) in [6, 6.07) is 11.8. The predicted octanol–water partition coefficient (Wildman–Crippen LogP) is 4.17. The van der Waals surface area contributed by atoms with Gasteiger partial charge in [0, 0.05) is 0 Å². The smallest absolute Gasteiger partial charge is 0.193 e. The molecular formula is C16H18ClNO2. The van der Waals surface area contributed by atoms with Gasteiger partial charge in [0.2, 0.25) is 0 Å². The molecule has 1 unspecified atom stereocenters. The molecule has 1 aromatic carbocycles. The molecule has 1 aliphatic rings. The zero-order valence-electron chi connectivity index (χ0n) is 11.4. The molecule has 3 rings (SSSR count). The molecule has 4 heteroatoms. The van der Waals surface area contributed by atoms with Crippen LogP contribution in [0.4, 0.5) is 0 Å². The Balaban J connectivity index is 1.86. The lowest BCUT2D eigenvalue weighted by atomic mass is 10.0. The van der Waals surface area contributed by atoms with Gasteiger partial charge in [-0.05, 0) is 60.8 Å². The first-order valence-electron chi connectivity index (χ1n) is 7.01. The third kappa shape index (κ3) is 3.17. The summed E-state index contributed by atoms with van der Waals surface area (Å²) in [6.45, 7) is 2.92. The van der Waals surface area contributed by atoms with Crippen LogP contribution in [0, 0.1) is 0 Å². The van der Waals surface area contributed by atoms with Crippen LogP contribution in [-0.2, 0) is 0 Å². The fourth-order valence-corrected chi connectivity index (χ4v) is 2.37. The van der Waals surface area contributed by atoms with E-state index in [9.17, 15) is 0 Å². The summed E-state index contributed by atoms with van der Waals surface area (Å²) in [5, 5.41) is 3.83. The van der Waals surface area contributed by atoms with Crippen LogP contribution in [0.15, 0.2) is 40.8 Å². The van der Waals surface area contributed by atoms with Crippen LogP contribution >= 0.6 is 11.6 Å². The van der Waals surface area contributed by atoms with Crippen molar-refractivity contribution >= 4 is 11.6 Å².